The summed E-state index contributed by atoms with van der Waals surface area (Å²) < 4.78 is 0. The highest BCUT2D eigenvalue weighted by Gasteiger charge is 2.30. The van der Waals surface area contributed by atoms with Gasteiger partial charge >= 0.3 is 5.97 Å². The van der Waals surface area contributed by atoms with Crippen LogP contribution in [-0.4, -0.2) is 23.5 Å². The van der Waals surface area contributed by atoms with Gasteiger partial charge in [-0.1, -0.05) is 18.9 Å². The van der Waals surface area contributed by atoms with Gasteiger partial charge in [-0.15, -0.1) is 0 Å². The first-order valence-corrected chi connectivity index (χ1v) is 5.78. The Labute approximate surface area is 95.7 Å². The first kappa shape index (κ1) is 12.7. The molecule has 90 valence electrons. The van der Waals surface area contributed by atoms with Crippen LogP contribution in [0.1, 0.15) is 32.6 Å². The van der Waals surface area contributed by atoms with Gasteiger partial charge in [0.15, 0.2) is 0 Å². The summed E-state index contributed by atoms with van der Waals surface area (Å²) in [5, 5.41) is 11.8. The van der Waals surface area contributed by atoms with Crippen LogP contribution in [0.15, 0.2) is 12.2 Å². The average Bonchev–Trinajstić information content (AvgIpc) is 2.27. The SMILES string of the molecule is CC=CC(=O)NCC1CCCCC1C(=O)O. The summed E-state index contributed by atoms with van der Waals surface area (Å²) in [6.07, 6.45) is 6.81. The van der Waals surface area contributed by atoms with E-state index in [2.05, 4.69) is 5.32 Å². The van der Waals surface area contributed by atoms with E-state index < -0.39 is 5.97 Å². The van der Waals surface area contributed by atoms with Gasteiger partial charge in [-0.3, -0.25) is 9.59 Å². The maximum Gasteiger partial charge on any atom is 0.306 e. The van der Waals surface area contributed by atoms with Gasteiger partial charge < -0.3 is 10.4 Å². The summed E-state index contributed by atoms with van der Waals surface area (Å²) in [4.78, 5) is 22.2. The van der Waals surface area contributed by atoms with Gasteiger partial charge in [0.25, 0.3) is 0 Å². The fraction of sp³-hybridized carbons (Fsp3) is 0.667. The van der Waals surface area contributed by atoms with Crippen molar-refractivity contribution in [1.82, 2.24) is 5.32 Å². The number of nitrogens with one attached hydrogen (secondary N) is 1. The molecule has 2 N–H and O–H groups in total. The van der Waals surface area contributed by atoms with E-state index in [4.69, 9.17) is 5.11 Å². The summed E-state index contributed by atoms with van der Waals surface area (Å²) >= 11 is 0. The molecule has 16 heavy (non-hydrogen) atoms. The monoisotopic (exact) mass is 225 g/mol. The van der Waals surface area contributed by atoms with Crippen molar-refractivity contribution in [1.29, 1.82) is 0 Å². The van der Waals surface area contributed by atoms with E-state index in [0.717, 1.165) is 25.7 Å². The number of carboxylic acids is 1. The van der Waals surface area contributed by atoms with Crippen molar-refractivity contribution in [2.45, 2.75) is 32.6 Å². The standard InChI is InChI=1S/C12H19NO3/c1-2-5-11(14)13-8-9-6-3-4-7-10(9)12(15)16/h2,5,9-10H,3-4,6-8H2,1H3,(H,13,14)(H,15,16). The van der Waals surface area contributed by atoms with Gasteiger partial charge in [0, 0.05) is 6.54 Å². The molecule has 1 rings (SSSR count). The molecule has 4 heteroatoms. The molecule has 1 amide bonds. The van der Waals surface area contributed by atoms with Crippen molar-refractivity contribution in [3.8, 4) is 0 Å². The van der Waals surface area contributed by atoms with Crippen LogP contribution in [0, 0.1) is 11.8 Å². The van der Waals surface area contributed by atoms with E-state index in [1.807, 2.05) is 0 Å². The summed E-state index contributed by atoms with van der Waals surface area (Å²) in [6, 6.07) is 0. The van der Waals surface area contributed by atoms with Crippen molar-refractivity contribution in [3.05, 3.63) is 12.2 Å². The molecule has 0 saturated heterocycles. The Morgan fingerprint density at radius 1 is 1.38 bits per heavy atom. The Morgan fingerprint density at radius 3 is 2.69 bits per heavy atom. The predicted octanol–water partition coefficient (Wildman–Crippen LogP) is 1.57. The minimum atomic E-state index is -0.731. The fourth-order valence-electron chi connectivity index (χ4n) is 2.22. The molecule has 0 heterocycles. The molecular weight excluding hydrogens is 206 g/mol. The van der Waals surface area contributed by atoms with E-state index in [0.29, 0.717) is 6.54 Å². The molecule has 0 aliphatic heterocycles. The highest BCUT2D eigenvalue weighted by atomic mass is 16.4. The molecule has 0 aromatic carbocycles. The number of hydrogen-bond donors (Lipinski definition) is 2. The summed E-state index contributed by atoms with van der Waals surface area (Å²) in [5.41, 5.74) is 0. The molecule has 1 aliphatic carbocycles. The van der Waals surface area contributed by atoms with Gasteiger partial charge in [0.2, 0.25) is 5.91 Å². The third-order valence-corrected chi connectivity index (χ3v) is 3.08. The highest BCUT2D eigenvalue weighted by molar-refractivity contribution is 5.87. The second-order valence-electron chi connectivity index (χ2n) is 4.23. The molecular formula is C12H19NO3. The molecule has 0 spiro atoms. The second kappa shape index (κ2) is 6.30. The van der Waals surface area contributed by atoms with E-state index >= 15 is 0 Å². The molecule has 0 radical (unpaired) electrons. The lowest BCUT2D eigenvalue weighted by Crippen LogP contribution is -2.36. The molecule has 1 fully saturated rings. The first-order valence-electron chi connectivity index (χ1n) is 5.78. The van der Waals surface area contributed by atoms with Crippen LogP contribution in [0.3, 0.4) is 0 Å². The van der Waals surface area contributed by atoms with Crippen molar-refractivity contribution < 1.29 is 14.7 Å². The molecule has 0 bridgehead atoms. The van der Waals surface area contributed by atoms with Gasteiger partial charge in [-0.2, -0.15) is 0 Å². The molecule has 2 atom stereocenters. The number of hydrogen-bond acceptors (Lipinski definition) is 2. The Balaban J connectivity index is 2.44. The van der Waals surface area contributed by atoms with E-state index in [9.17, 15) is 9.59 Å². The van der Waals surface area contributed by atoms with Crippen LogP contribution in [-0.2, 0) is 9.59 Å². The summed E-state index contributed by atoms with van der Waals surface area (Å²) in [7, 11) is 0. The van der Waals surface area contributed by atoms with Crippen LogP contribution < -0.4 is 5.32 Å². The van der Waals surface area contributed by atoms with Gasteiger partial charge in [0.05, 0.1) is 5.92 Å². The normalized spacial score (nSPS) is 25.6. The number of carbonyl (C=O) groups excluding carboxylic acids is 1. The van der Waals surface area contributed by atoms with Crippen LogP contribution in [0.4, 0.5) is 0 Å². The Hall–Kier alpha value is -1.32. The van der Waals surface area contributed by atoms with Crippen molar-refractivity contribution in [2.24, 2.45) is 11.8 Å². The largest absolute Gasteiger partial charge is 0.481 e. The van der Waals surface area contributed by atoms with Crippen molar-refractivity contribution in [2.75, 3.05) is 6.54 Å². The van der Waals surface area contributed by atoms with Gasteiger partial charge in [-0.25, -0.2) is 0 Å². The number of carbonyl (C=O) groups is 2. The number of rotatable bonds is 4. The van der Waals surface area contributed by atoms with Gasteiger partial charge in [0.1, 0.15) is 0 Å². The van der Waals surface area contributed by atoms with E-state index in [-0.39, 0.29) is 17.7 Å². The summed E-state index contributed by atoms with van der Waals surface area (Å²) in [5.74, 6) is -1.08. The Kier molecular flexibility index (Phi) is 5.02. The lowest BCUT2D eigenvalue weighted by molar-refractivity contribution is -0.145. The maximum absolute atomic E-state index is 11.2. The first-order chi connectivity index (χ1) is 7.65. The maximum atomic E-state index is 11.2. The van der Waals surface area contributed by atoms with Crippen LogP contribution in [0.25, 0.3) is 0 Å². The van der Waals surface area contributed by atoms with Crippen molar-refractivity contribution in [3.63, 3.8) is 0 Å². The second-order valence-corrected chi connectivity index (χ2v) is 4.23. The number of carboxylic acid groups (broad SMARTS) is 1. The molecule has 4 nitrogen and oxygen atoms in total. The molecule has 1 aliphatic rings. The van der Waals surface area contributed by atoms with E-state index in [1.54, 1.807) is 13.0 Å². The van der Waals surface area contributed by atoms with Crippen LogP contribution in [0.2, 0.25) is 0 Å². The zero-order valence-corrected chi connectivity index (χ0v) is 9.61. The topological polar surface area (TPSA) is 66.4 Å². The molecule has 0 aromatic rings. The predicted molar refractivity (Wildman–Crippen MR) is 60.9 cm³/mol. The third kappa shape index (κ3) is 3.68. The lowest BCUT2D eigenvalue weighted by Gasteiger charge is -2.28. The van der Waals surface area contributed by atoms with Crippen LogP contribution in [0.5, 0.6) is 0 Å². The highest BCUT2D eigenvalue weighted by Crippen LogP contribution is 2.29. The van der Waals surface area contributed by atoms with Crippen molar-refractivity contribution >= 4 is 11.9 Å². The number of amides is 1. The Bertz CT molecular complexity index is 286. The van der Waals surface area contributed by atoms with Gasteiger partial charge in [-0.05, 0) is 31.8 Å². The molecule has 2 unspecified atom stereocenters. The molecule has 0 aromatic heterocycles. The molecule has 1 saturated carbocycles. The quantitative estimate of drug-likeness (QED) is 0.714. The van der Waals surface area contributed by atoms with Crippen LogP contribution >= 0.6 is 0 Å². The minimum absolute atomic E-state index is 0.0838. The lowest BCUT2D eigenvalue weighted by atomic mass is 9.79. The minimum Gasteiger partial charge on any atom is -0.481 e. The third-order valence-electron chi connectivity index (χ3n) is 3.08. The number of allylic oxidation sites excluding steroid dienone is 1. The average molecular weight is 225 g/mol. The fourth-order valence-corrected chi connectivity index (χ4v) is 2.22. The van der Waals surface area contributed by atoms with E-state index in [1.165, 1.54) is 6.08 Å². The summed E-state index contributed by atoms with van der Waals surface area (Å²) in [6.45, 7) is 2.25. The zero-order valence-electron chi connectivity index (χ0n) is 9.61. The Morgan fingerprint density at radius 2 is 2.06 bits per heavy atom. The smallest absolute Gasteiger partial charge is 0.306 e. The zero-order chi connectivity index (χ0) is 12.0. The number of aliphatic carboxylic acids is 1.